The molecule has 5 heteroatoms. The van der Waals surface area contributed by atoms with Gasteiger partial charge in [-0.25, -0.2) is 4.68 Å². The van der Waals surface area contributed by atoms with E-state index in [4.69, 9.17) is 5.26 Å². The zero-order valence-electron chi connectivity index (χ0n) is 10.2. The lowest BCUT2D eigenvalue weighted by molar-refractivity contribution is 0.0821. The summed E-state index contributed by atoms with van der Waals surface area (Å²) in [5, 5.41) is 13.0. The third-order valence-electron chi connectivity index (χ3n) is 2.45. The molecule has 0 unspecified atom stereocenters. The molecule has 90 valence electrons. The quantitative estimate of drug-likeness (QED) is 0.798. The molecule has 0 N–H and O–H groups in total. The Labute approximate surface area is 105 Å². The van der Waals surface area contributed by atoms with Crippen LogP contribution >= 0.6 is 0 Å². The van der Waals surface area contributed by atoms with Crippen molar-refractivity contribution >= 4 is 5.91 Å². The SMILES string of the molecule is CN(C)C(=O)c1ccn(-c2cccc(C#N)c2)n1. The Hall–Kier alpha value is -2.61. The average Bonchev–Trinajstić information content (AvgIpc) is 2.87. The smallest absolute Gasteiger partial charge is 0.273 e. The van der Waals surface area contributed by atoms with E-state index < -0.39 is 0 Å². The predicted octanol–water partition coefficient (Wildman–Crippen LogP) is 1.45. The van der Waals surface area contributed by atoms with Crippen molar-refractivity contribution in [1.29, 1.82) is 5.26 Å². The number of hydrogen-bond donors (Lipinski definition) is 0. The number of nitrogens with zero attached hydrogens (tertiary/aromatic N) is 4. The normalized spacial score (nSPS) is 9.83. The minimum absolute atomic E-state index is 0.148. The third kappa shape index (κ3) is 2.23. The maximum absolute atomic E-state index is 11.7. The Morgan fingerprint density at radius 2 is 2.17 bits per heavy atom. The molecule has 1 aromatic heterocycles. The van der Waals surface area contributed by atoms with E-state index in [2.05, 4.69) is 11.2 Å². The lowest BCUT2D eigenvalue weighted by Crippen LogP contribution is -2.22. The van der Waals surface area contributed by atoms with Crippen LogP contribution in [0.2, 0.25) is 0 Å². The average molecular weight is 240 g/mol. The number of hydrogen-bond acceptors (Lipinski definition) is 3. The van der Waals surface area contributed by atoms with Crippen molar-refractivity contribution in [2.45, 2.75) is 0 Å². The molecule has 2 rings (SSSR count). The molecule has 0 saturated heterocycles. The molecule has 0 bridgehead atoms. The van der Waals surface area contributed by atoms with Crippen molar-refractivity contribution in [2.24, 2.45) is 0 Å². The van der Waals surface area contributed by atoms with Gasteiger partial charge in [0.2, 0.25) is 0 Å². The van der Waals surface area contributed by atoms with Gasteiger partial charge >= 0.3 is 0 Å². The highest BCUT2D eigenvalue weighted by atomic mass is 16.2. The number of nitriles is 1. The molecule has 0 aliphatic carbocycles. The van der Waals surface area contributed by atoms with Crippen molar-refractivity contribution in [3.63, 3.8) is 0 Å². The van der Waals surface area contributed by atoms with Gasteiger partial charge in [0.25, 0.3) is 5.91 Å². The maximum Gasteiger partial charge on any atom is 0.273 e. The van der Waals surface area contributed by atoms with E-state index in [1.165, 1.54) is 4.90 Å². The van der Waals surface area contributed by atoms with Gasteiger partial charge in [-0.2, -0.15) is 10.4 Å². The molecule has 1 aromatic carbocycles. The second-order valence-electron chi connectivity index (χ2n) is 4.01. The van der Waals surface area contributed by atoms with E-state index in [-0.39, 0.29) is 5.91 Å². The van der Waals surface area contributed by atoms with Gasteiger partial charge in [-0.05, 0) is 24.3 Å². The summed E-state index contributed by atoms with van der Waals surface area (Å²) in [7, 11) is 3.36. The van der Waals surface area contributed by atoms with Crippen LogP contribution in [-0.2, 0) is 0 Å². The molecule has 0 fully saturated rings. The Morgan fingerprint density at radius 3 is 2.83 bits per heavy atom. The molecule has 1 heterocycles. The summed E-state index contributed by atoms with van der Waals surface area (Å²) in [5.41, 5.74) is 1.69. The first-order valence-electron chi connectivity index (χ1n) is 5.39. The van der Waals surface area contributed by atoms with Gasteiger partial charge in [-0.15, -0.1) is 0 Å². The molecule has 0 atom stereocenters. The van der Waals surface area contributed by atoms with Crippen LogP contribution in [-0.4, -0.2) is 34.7 Å². The first-order chi connectivity index (χ1) is 8.61. The van der Waals surface area contributed by atoms with Crippen LogP contribution in [0.25, 0.3) is 5.69 Å². The second-order valence-corrected chi connectivity index (χ2v) is 4.01. The molecule has 0 aliphatic rings. The molecule has 0 radical (unpaired) electrons. The zero-order valence-corrected chi connectivity index (χ0v) is 10.2. The maximum atomic E-state index is 11.7. The highest BCUT2D eigenvalue weighted by Gasteiger charge is 2.11. The van der Waals surface area contributed by atoms with E-state index in [0.717, 1.165) is 5.69 Å². The highest BCUT2D eigenvalue weighted by molar-refractivity contribution is 5.91. The molecule has 18 heavy (non-hydrogen) atoms. The van der Waals surface area contributed by atoms with E-state index in [9.17, 15) is 4.79 Å². The fourth-order valence-corrected chi connectivity index (χ4v) is 1.53. The van der Waals surface area contributed by atoms with E-state index in [0.29, 0.717) is 11.3 Å². The van der Waals surface area contributed by atoms with Crippen molar-refractivity contribution in [3.05, 3.63) is 47.8 Å². The molecular weight excluding hydrogens is 228 g/mol. The molecular formula is C13H12N4O. The van der Waals surface area contributed by atoms with Crippen LogP contribution in [0.1, 0.15) is 16.1 Å². The van der Waals surface area contributed by atoms with Gasteiger partial charge in [0.1, 0.15) is 0 Å². The van der Waals surface area contributed by atoms with Crippen molar-refractivity contribution < 1.29 is 4.79 Å². The van der Waals surface area contributed by atoms with Crippen LogP contribution in [0.4, 0.5) is 0 Å². The number of carbonyl (C=O) groups excluding carboxylic acids is 1. The molecule has 0 saturated carbocycles. The van der Waals surface area contributed by atoms with Crippen LogP contribution < -0.4 is 0 Å². The molecule has 0 spiro atoms. The van der Waals surface area contributed by atoms with Crippen LogP contribution in [0.5, 0.6) is 0 Å². The Balaban J connectivity index is 2.35. The van der Waals surface area contributed by atoms with Crippen molar-refractivity contribution in [1.82, 2.24) is 14.7 Å². The van der Waals surface area contributed by atoms with Crippen molar-refractivity contribution in [3.8, 4) is 11.8 Å². The minimum atomic E-state index is -0.148. The van der Waals surface area contributed by atoms with Crippen LogP contribution in [0.15, 0.2) is 36.5 Å². The van der Waals surface area contributed by atoms with Crippen LogP contribution in [0, 0.1) is 11.3 Å². The lowest BCUT2D eigenvalue weighted by atomic mass is 10.2. The number of aromatic nitrogens is 2. The first-order valence-corrected chi connectivity index (χ1v) is 5.39. The molecule has 2 aromatic rings. The van der Waals surface area contributed by atoms with Gasteiger partial charge in [-0.1, -0.05) is 6.07 Å². The Morgan fingerprint density at radius 1 is 1.39 bits per heavy atom. The van der Waals surface area contributed by atoms with Crippen LogP contribution in [0.3, 0.4) is 0 Å². The van der Waals surface area contributed by atoms with Gasteiger partial charge < -0.3 is 4.90 Å². The van der Waals surface area contributed by atoms with E-state index in [1.807, 2.05) is 6.07 Å². The summed E-state index contributed by atoms with van der Waals surface area (Å²) in [6.07, 6.45) is 1.70. The molecule has 1 amide bonds. The van der Waals surface area contributed by atoms with Gasteiger partial charge in [-0.3, -0.25) is 4.79 Å². The summed E-state index contributed by atoms with van der Waals surface area (Å²) < 4.78 is 1.58. The summed E-state index contributed by atoms with van der Waals surface area (Å²) >= 11 is 0. The van der Waals surface area contributed by atoms with Gasteiger partial charge in [0, 0.05) is 20.3 Å². The molecule has 0 aliphatic heterocycles. The van der Waals surface area contributed by atoms with E-state index in [1.54, 1.807) is 49.2 Å². The first kappa shape index (κ1) is 11.9. The molecule has 5 nitrogen and oxygen atoms in total. The van der Waals surface area contributed by atoms with Gasteiger partial charge in [0.15, 0.2) is 5.69 Å². The lowest BCUT2D eigenvalue weighted by Gasteiger charge is -2.07. The summed E-state index contributed by atoms with van der Waals surface area (Å²) in [4.78, 5) is 13.2. The fraction of sp³-hybridized carbons (Fsp3) is 0.154. The highest BCUT2D eigenvalue weighted by Crippen LogP contribution is 2.10. The monoisotopic (exact) mass is 240 g/mol. The standard InChI is InChI=1S/C13H12N4O/c1-16(2)13(18)12-6-7-17(15-12)11-5-3-4-10(8-11)9-14/h3-8H,1-2H3. The summed E-state index contributed by atoms with van der Waals surface area (Å²) in [6.45, 7) is 0. The minimum Gasteiger partial charge on any atom is -0.343 e. The third-order valence-corrected chi connectivity index (χ3v) is 2.45. The predicted molar refractivity (Wildman–Crippen MR) is 66.3 cm³/mol. The Bertz CT molecular complexity index is 622. The van der Waals surface area contributed by atoms with Gasteiger partial charge in [0.05, 0.1) is 17.3 Å². The summed E-state index contributed by atoms with van der Waals surface area (Å²) in [6, 6.07) is 10.8. The summed E-state index contributed by atoms with van der Waals surface area (Å²) in [5.74, 6) is -0.148. The number of amides is 1. The van der Waals surface area contributed by atoms with Crippen molar-refractivity contribution in [2.75, 3.05) is 14.1 Å². The van der Waals surface area contributed by atoms with E-state index >= 15 is 0 Å². The fourth-order valence-electron chi connectivity index (χ4n) is 1.53. The Kier molecular flexibility index (Phi) is 3.11. The largest absolute Gasteiger partial charge is 0.343 e. The zero-order chi connectivity index (χ0) is 13.1. The topological polar surface area (TPSA) is 61.9 Å². The number of carbonyl (C=O) groups is 1. The number of benzene rings is 1. The number of rotatable bonds is 2. The second kappa shape index (κ2) is 4.72.